The van der Waals surface area contributed by atoms with E-state index in [0.717, 1.165) is 62.9 Å². The van der Waals surface area contributed by atoms with Crippen LogP contribution in [-0.4, -0.2) is 42.1 Å². The molecule has 37 heavy (non-hydrogen) atoms. The van der Waals surface area contributed by atoms with E-state index in [-0.39, 0.29) is 62.8 Å². The zero-order valence-corrected chi connectivity index (χ0v) is 26.1. The van der Waals surface area contributed by atoms with Crippen LogP contribution in [0.15, 0.2) is 42.3 Å². The van der Waals surface area contributed by atoms with Gasteiger partial charge in [0.15, 0.2) is 0 Å². The fourth-order valence-electron chi connectivity index (χ4n) is 8.77. The summed E-state index contributed by atoms with van der Waals surface area (Å²) >= 11 is 0. The number of esters is 1. The summed E-state index contributed by atoms with van der Waals surface area (Å²) in [5, 5.41) is 0. The lowest BCUT2D eigenvalue weighted by atomic mass is 9.47. The van der Waals surface area contributed by atoms with Crippen molar-refractivity contribution >= 4 is 45.5 Å². The highest BCUT2D eigenvalue weighted by Crippen LogP contribution is 2.66. The van der Waals surface area contributed by atoms with Crippen LogP contribution in [0, 0.1) is 34.5 Å². The summed E-state index contributed by atoms with van der Waals surface area (Å²) in [6.45, 7) is 7.08. The number of ether oxygens (including phenoxy) is 1. The van der Waals surface area contributed by atoms with E-state index >= 15 is 0 Å². The number of hydrogen-bond donors (Lipinski definition) is 0. The van der Waals surface area contributed by atoms with Crippen molar-refractivity contribution in [1.29, 1.82) is 0 Å². The Hall–Kier alpha value is -0.980. The molecule has 204 valence electrons. The lowest BCUT2D eigenvalue weighted by molar-refractivity contribution is -0.157. The Bertz CT molecular complexity index is 1030. The number of likely N-dealkylation sites (tertiary alicyclic amines) is 1. The summed E-state index contributed by atoms with van der Waals surface area (Å²) in [6.07, 6.45) is 19.1. The van der Waals surface area contributed by atoms with Crippen molar-refractivity contribution in [3.63, 3.8) is 0 Å². The maximum Gasteiger partial charge on any atom is 0.309 e. The molecule has 1 saturated heterocycles. The van der Waals surface area contributed by atoms with Gasteiger partial charge in [0.2, 0.25) is 0 Å². The highest BCUT2D eigenvalue weighted by atomic mass is 79.9. The second-order valence-corrected chi connectivity index (χ2v) is 12.7. The number of pyridine rings is 1. The van der Waals surface area contributed by atoms with Crippen molar-refractivity contribution in [2.75, 3.05) is 20.1 Å². The highest BCUT2D eigenvalue weighted by Gasteiger charge is 2.57. The molecular formula is C31H44Br2N2O2. The number of hydrogen-bond acceptors (Lipinski definition) is 4. The van der Waals surface area contributed by atoms with Gasteiger partial charge in [0.05, 0.1) is 5.92 Å². The lowest BCUT2D eigenvalue weighted by Gasteiger charge is -2.58. The topological polar surface area (TPSA) is 42.4 Å². The maximum absolute atomic E-state index is 12.9. The van der Waals surface area contributed by atoms with E-state index in [2.05, 4.69) is 61.3 Å². The van der Waals surface area contributed by atoms with E-state index in [9.17, 15) is 4.79 Å². The van der Waals surface area contributed by atoms with Gasteiger partial charge >= 0.3 is 5.97 Å². The molecule has 1 aromatic rings. The number of carbonyl (C=O) groups excluding carboxylic acids is 1. The van der Waals surface area contributed by atoms with Gasteiger partial charge in [-0.05, 0) is 117 Å². The molecule has 0 bridgehead atoms. The molecule has 1 aliphatic heterocycles. The molecule has 1 aromatic heterocycles. The van der Waals surface area contributed by atoms with E-state index in [0.29, 0.717) is 0 Å². The van der Waals surface area contributed by atoms with E-state index < -0.39 is 0 Å². The van der Waals surface area contributed by atoms with Gasteiger partial charge in [-0.3, -0.25) is 9.78 Å². The Labute approximate surface area is 244 Å². The molecule has 0 N–H and O–H groups in total. The quantitative estimate of drug-likeness (QED) is 0.256. The largest absolute Gasteiger partial charge is 0.462 e. The number of halogens is 2. The first-order valence-electron chi connectivity index (χ1n) is 14.1. The molecule has 6 rings (SSSR count). The van der Waals surface area contributed by atoms with Crippen molar-refractivity contribution < 1.29 is 9.53 Å². The van der Waals surface area contributed by atoms with E-state index in [1.165, 1.54) is 31.2 Å². The van der Waals surface area contributed by atoms with Gasteiger partial charge in [-0.2, -0.15) is 0 Å². The second kappa shape index (κ2) is 11.3. The third kappa shape index (κ3) is 5.04. The van der Waals surface area contributed by atoms with Crippen molar-refractivity contribution in [3.8, 4) is 0 Å². The van der Waals surface area contributed by atoms with E-state index in [1.54, 1.807) is 11.1 Å². The first-order chi connectivity index (χ1) is 16.9. The molecule has 0 unspecified atom stereocenters. The van der Waals surface area contributed by atoms with Gasteiger partial charge in [-0.25, -0.2) is 0 Å². The van der Waals surface area contributed by atoms with Crippen LogP contribution in [0.2, 0.25) is 0 Å². The van der Waals surface area contributed by atoms with Crippen molar-refractivity contribution in [3.05, 3.63) is 47.8 Å². The molecular weight excluding hydrogens is 592 g/mol. The number of carbonyl (C=O) groups is 1. The number of piperidine rings is 1. The SMILES string of the molecule is Br.Br.CN1CCC(C(=O)O[C@H]2CC[C@@]3(C)C(=CC[C@@H]4[C@@H]3CC[C@]3(C)C(c5cccnc5)=CC[C@@H]43)C2)CC1. The summed E-state index contributed by atoms with van der Waals surface area (Å²) in [5.74, 6) is 2.41. The Balaban J connectivity index is 0.00000160. The van der Waals surface area contributed by atoms with Crippen LogP contribution >= 0.6 is 34.0 Å². The minimum Gasteiger partial charge on any atom is -0.462 e. The van der Waals surface area contributed by atoms with Crippen molar-refractivity contribution in [2.45, 2.75) is 77.7 Å². The first kappa shape index (κ1) is 29.0. The monoisotopic (exact) mass is 634 g/mol. The summed E-state index contributed by atoms with van der Waals surface area (Å²) in [5.41, 5.74) is 5.00. The molecule has 6 heteroatoms. The van der Waals surface area contributed by atoms with Gasteiger partial charge in [0, 0.05) is 18.8 Å². The predicted octanol–water partition coefficient (Wildman–Crippen LogP) is 7.45. The Morgan fingerprint density at radius 2 is 1.76 bits per heavy atom. The molecule has 5 aliphatic rings. The fraction of sp³-hybridized carbons (Fsp3) is 0.677. The summed E-state index contributed by atoms with van der Waals surface area (Å²) in [4.78, 5) is 19.6. The van der Waals surface area contributed by atoms with E-state index in [4.69, 9.17) is 4.74 Å². The molecule has 0 spiro atoms. The summed E-state index contributed by atoms with van der Waals surface area (Å²) in [6, 6.07) is 4.32. The van der Waals surface area contributed by atoms with Crippen LogP contribution in [0.5, 0.6) is 0 Å². The number of aromatic nitrogens is 1. The average molecular weight is 637 g/mol. The second-order valence-electron chi connectivity index (χ2n) is 12.7. The first-order valence-corrected chi connectivity index (χ1v) is 14.1. The third-order valence-electron chi connectivity index (χ3n) is 10.9. The standard InChI is InChI=1S/C31H42N2O2.2BrH/c1-30-14-10-24(35-29(34)21-12-17-33(3)18-13-21)19-23(30)6-7-25-27-9-8-26(22-5-4-16-32-20-22)31(27,2)15-11-28(25)30;;/h4-6,8,16,20-21,24-25,27-28H,7,9-15,17-19H2,1-3H3;2*1H/t24-,25-,27-,28-,30-,31+;;/m0../s1. The van der Waals surface area contributed by atoms with Gasteiger partial charge in [-0.15, -0.1) is 34.0 Å². The Morgan fingerprint density at radius 1 is 1.00 bits per heavy atom. The van der Waals surface area contributed by atoms with Crippen LogP contribution < -0.4 is 0 Å². The van der Waals surface area contributed by atoms with Crippen LogP contribution in [0.1, 0.15) is 77.2 Å². The van der Waals surface area contributed by atoms with Gasteiger partial charge in [0.25, 0.3) is 0 Å². The van der Waals surface area contributed by atoms with Crippen molar-refractivity contribution in [1.82, 2.24) is 9.88 Å². The Kier molecular flexibility index (Phi) is 8.82. The smallest absolute Gasteiger partial charge is 0.309 e. The normalized spacial score (nSPS) is 37.5. The highest BCUT2D eigenvalue weighted by molar-refractivity contribution is 8.93. The molecule has 4 aliphatic carbocycles. The minimum atomic E-state index is 0. The molecule has 4 nitrogen and oxygen atoms in total. The average Bonchev–Trinajstić information content (AvgIpc) is 3.22. The zero-order chi connectivity index (χ0) is 24.2. The van der Waals surface area contributed by atoms with E-state index in [1.807, 2.05) is 6.20 Å². The van der Waals surface area contributed by atoms with Crippen molar-refractivity contribution in [2.24, 2.45) is 34.5 Å². The summed E-state index contributed by atoms with van der Waals surface area (Å²) in [7, 11) is 2.14. The third-order valence-corrected chi connectivity index (χ3v) is 10.9. The molecule has 6 atom stereocenters. The minimum absolute atomic E-state index is 0. The maximum atomic E-state index is 12.9. The molecule has 0 aromatic carbocycles. The molecule has 0 radical (unpaired) electrons. The molecule has 2 heterocycles. The van der Waals surface area contributed by atoms with Gasteiger partial charge < -0.3 is 9.64 Å². The molecule has 2 saturated carbocycles. The number of nitrogens with zero attached hydrogens (tertiary/aromatic N) is 2. The van der Waals surface area contributed by atoms with Crippen LogP contribution in [-0.2, 0) is 9.53 Å². The van der Waals surface area contributed by atoms with Gasteiger partial charge in [0.1, 0.15) is 6.10 Å². The fourth-order valence-corrected chi connectivity index (χ4v) is 8.77. The lowest BCUT2D eigenvalue weighted by Crippen LogP contribution is -2.50. The molecule has 3 fully saturated rings. The zero-order valence-electron chi connectivity index (χ0n) is 22.7. The molecule has 0 amide bonds. The number of rotatable bonds is 3. The number of allylic oxidation sites excluding steroid dienone is 3. The Morgan fingerprint density at radius 3 is 2.49 bits per heavy atom. The summed E-state index contributed by atoms with van der Waals surface area (Å²) < 4.78 is 6.13. The number of fused-ring (bicyclic) bond motifs is 5. The predicted molar refractivity (Wildman–Crippen MR) is 160 cm³/mol. The van der Waals surface area contributed by atoms with Crippen LogP contribution in [0.25, 0.3) is 5.57 Å². The van der Waals surface area contributed by atoms with Gasteiger partial charge in [-0.1, -0.05) is 37.6 Å². The van der Waals surface area contributed by atoms with Crippen LogP contribution in [0.4, 0.5) is 0 Å². The van der Waals surface area contributed by atoms with Crippen LogP contribution in [0.3, 0.4) is 0 Å².